The van der Waals surface area contributed by atoms with Gasteiger partial charge in [-0.15, -0.1) is 0 Å². The maximum atomic E-state index is 10.6. The highest BCUT2D eigenvalue weighted by Gasteiger charge is 2.44. The molecule has 2 rings (SSSR count). The molecule has 3 nitrogen and oxygen atoms in total. The number of halogens is 1. The van der Waals surface area contributed by atoms with E-state index in [2.05, 4.69) is 22.9 Å². The molecular weight excluding hydrogens is 296 g/mol. The Bertz CT molecular complexity index is 380. The van der Waals surface area contributed by atoms with Gasteiger partial charge in [0.25, 0.3) is 0 Å². The summed E-state index contributed by atoms with van der Waals surface area (Å²) in [7, 11) is 0. The molecule has 1 aromatic rings. The Morgan fingerprint density at radius 1 is 1.56 bits per heavy atom. The fourth-order valence-corrected chi connectivity index (χ4v) is 3.19. The van der Waals surface area contributed by atoms with Crippen molar-refractivity contribution in [2.75, 3.05) is 6.61 Å². The van der Waals surface area contributed by atoms with Crippen LogP contribution in [0.15, 0.2) is 21.2 Å². The van der Waals surface area contributed by atoms with Crippen molar-refractivity contribution >= 4 is 15.9 Å². The Morgan fingerprint density at radius 3 is 2.72 bits per heavy atom. The summed E-state index contributed by atoms with van der Waals surface area (Å²) < 4.78 is 12.1. The second-order valence-electron chi connectivity index (χ2n) is 5.22. The van der Waals surface area contributed by atoms with Crippen molar-refractivity contribution in [3.63, 3.8) is 0 Å². The maximum Gasteiger partial charge on any atom is 0.149 e. The van der Waals surface area contributed by atoms with Crippen molar-refractivity contribution in [2.45, 2.75) is 51.2 Å². The number of hydrogen-bond donors (Lipinski definition) is 1. The Hall–Kier alpha value is -0.320. The summed E-state index contributed by atoms with van der Waals surface area (Å²) >= 11 is 3.41. The second kappa shape index (κ2) is 5.76. The highest BCUT2D eigenvalue weighted by Crippen LogP contribution is 2.44. The van der Waals surface area contributed by atoms with Crippen LogP contribution in [0.4, 0.5) is 0 Å². The minimum absolute atomic E-state index is 0.484. The van der Waals surface area contributed by atoms with Crippen LogP contribution in [0.3, 0.4) is 0 Å². The molecule has 102 valence electrons. The second-order valence-corrected chi connectivity index (χ2v) is 6.07. The maximum absolute atomic E-state index is 10.6. The number of hydrogen-bond acceptors (Lipinski definition) is 3. The molecule has 1 aromatic heterocycles. The summed E-state index contributed by atoms with van der Waals surface area (Å²) in [6.45, 7) is 4.85. The quantitative estimate of drug-likeness (QED) is 0.910. The Kier molecular flexibility index (Phi) is 4.51. The van der Waals surface area contributed by atoms with Gasteiger partial charge >= 0.3 is 0 Å². The van der Waals surface area contributed by atoms with Crippen molar-refractivity contribution in [3.05, 3.63) is 22.6 Å². The number of furan rings is 1. The molecule has 0 aromatic carbocycles. The van der Waals surface area contributed by atoms with Crippen molar-refractivity contribution < 1.29 is 14.3 Å². The summed E-state index contributed by atoms with van der Waals surface area (Å²) in [5, 5.41) is 10.6. The third kappa shape index (κ3) is 2.65. The minimum Gasteiger partial charge on any atom is -0.465 e. The molecule has 1 heterocycles. The average molecular weight is 317 g/mol. The Labute approximate surface area is 117 Å². The lowest BCUT2D eigenvalue weighted by atomic mass is 9.75. The summed E-state index contributed by atoms with van der Waals surface area (Å²) in [4.78, 5) is 0. The summed E-state index contributed by atoms with van der Waals surface area (Å²) in [6, 6.07) is 1.81. The van der Waals surface area contributed by atoms with E-state index in [1.807, 2.05) is 13.0 Å². The van der Waals surface area contributed by atoms with Gasteiger partial charge in [0.1, 0.15) is 17.5 Å². The molecule has 0 aliphatic heterocycles. The molecule has 0 bridgehead atoms. The van der Waals surface area contributed by atoms with Gasteiger partial charge in [-0.3, -0.25) is 0 Å². The van der Waals surface area contributed by atoms with Crippen LogP contribution in [0, 0.1) is 5.92 Å². The van der Waals surface area contributed by atoms with Crippen molar-refractivity contribution in [1.82, 2.24) is 0 Å². The van der Waals surface area contributed by atoms with Crippen LogP contribution in [0.5, 0.6) is 0 Å². The topological polar surface area (TPSA) is 42.6 Å². The highest BCUT2D eigenvalue weighted by atomic mass is 79.9. The van der Waals surface area contributed by atoms with Gasteiger partial charge in [0.2, 0.25) is 0 Å². The van der Waals surface area contributed by atoms with E-state index in [0.717, 1.165) is 30.2 Å². The van der Waals surface area contributed by atoms with Crippen LogP contribution in [0.25, 0.3) is 0 Å². The van der Waals surface area contributed by atoms with Gasteiger partial charge in [-0.1, -0.05) is 6.92 Å². The first kappa shape index (κ1) is 14.1. The Morgan fingerprint density at radius 2 is 2.22 bits per heavy atom. The van der Waals surface area contributed by atoms with E-state index in [1.54, 1.807) is 6.26 Å². The molecule has 1 atom stereocenters. The molecular formula is C14H21BrO3. The fraction of sp³-hybridized carbons (Fsp3) is 0.714. The largest absolute Gasteiger partial charge is 0.465 e. The summed E-state index contributed by atoms with van der Waals surface area (Å²) in [6.07, 6.45) is 4.85. The first-order chi connectivity index (χ1) is 8.59. The van der Waals surface area contributed by atoms with E-state index in [4.69, 9.17) is 9.15 Å². The molecule has 0 radical (unpaired) electrons. The van der Waals surface area contributed by atoms with Crippen LogP contribution >= 0.6 is 15.9 Å². The third-order valence-electron chi connectivity index (χ3n) is 3.94. The molecule has 0 amide bonds. The predicted octanol–water partition coefficient (Wildman–Crippen LogP) is 4.06. The third-order valence-corrected chi connectivity index (χ3v) is 4.60. The molecule has 1 N–H and O–H groups in total. The molecule has 0 spiro atoms. The molecule has 4 heteroatoms. The lowest BCUT2D eigenvalue weighted by Crippen LogP contribution is -2.42. The number of rotatable bonds is 4. The van der Waals surface area contributed by atoms with Crippen LogP contribution < -0.4 is 0 Å². The number of ether oxygens (including phenoxy) is 1. The zero-order valence-electron chi connectivity index (χ0n) is 11.0. The molecule has 0 saturated heterocycles. The lowest BCUT2D eigenvalue weighted by Gasteiger charge is -2.41. The van der Waals surface area contributed by atoms with Gasteiger partial charge in [-0.05, 0) is 60.5 Å². The van der Waals surface area contributed by atoms with Gasteiger partial charge in [-0.2, -0.15) is 0 Å². The SMILES string of the molecule is CCOC1(C(O)c2occc2Br)CCC(C)CC1. The smallest absolute Gasteiger partial charge is 0.149 e. The van der Waals surface area contributed by atoms with Gasteiger partial charge in [0.15, 0.2) is 0 Å². The first-order valence-electron chi connectivity index (χ1n) is 6.64. The number of aliphatic hydroxyl groups is 1. The molecule has 1 fully saturated rings. The zero-order valence-corrected chi connectivity index (χ0v) is 12.6. The standard InChI is InChI=1S/C14H21BrO3/c1-3-18-14(7-4-10(2)5-8-14)13(16)12-11(15)6-9-17-12/h6,9-10,13,16H,3-5,7-8H2,1-2H3. The lowest BCUT2D eigenvalue weighted by molar-refractivity contribution is -0.152. The predicted molar refractivity (Wildman–Crippen MR) is 73.4 cm³/mol. The van der Waals surface area contributed by atoms with E-state index in [0.29, 0.717) is 18.3 Å². The van der Waals surface area contributed by atoms with Gasteiger partial charge in [0, 0.05) is 6.61 Å². The average Bonchev–Trinajstić information content (AvgIpc) is 2.78. The van der Waals surface area contributed by atoms with E-state index < -0.39 is 11.7 Å². The van der Waals surface area contributed by atoms with Crippen molar-refractivity contribution in [1.29, 1.82) is 0 Å². The van der Waals surface area contributed by atoms with Gasteiger partial charge in [0.05, 0.1) is 10.7 Å². The highest BCUT2D eigenvalue weighted by molar-refractivity contribution is 9.10. The molecule has 1 unspecified atom stereocenters. The van der Waals surface area contributed by atoms with Gasteiger partial charge < -0.3 is 14.3 Å². The number of aliphatic hydroxyl groups excluding tert-OH is 1. The zero-order chi connectivity index (χ0) is 13.2. The Balaban J connectivity index is 2.22. The van der Waals surface area contributed by atoms with Crippen LogP contribution in [-0.2, 0) is 4.74 Å². The van der Waals surface area contributed by atoms with Crippen LogP contribution in [0.2, 0.25) is 0 Å². The van der Waals surface area contributed by atoms with E-state index in [1.165, 1.54) is 0 Å². The van der Waals surface area contributed by atoms with Crippen LogP contribution in [0.1, 0.15) is 51.4 Å². The van der Waals surface area contributed by atoms with Gasteiger partial charge in [-0.25, -0.2) is 0 Å². The molecule has 18 heavy (non-hydrogen) atoms. The summed E-state index contributed by atoms with van der Waals surface area (Å²) in [5.74, 6) is 1.30. The van der Waals surface area contributed by atoms with Crippen molar-refractivity contribution in [3.8, 4) is 0 Å². The molecule has 1 aliphatic rings. The van der Waals surface area contributed by atoms with Crippen LogP contribution in [-0.4, -0.2) is 17.3 Å². The van der Waals surface area contributed by atoms with E-state index >= 15 is 0 Å². The van der Waals surface area contributed by atoms with E-state index in [-0.39, 0.29) is 0 Å². The fourth-order valence-electron chi connectivity index (χ4n) is 2.77. The van der Waals surface area contributed by atoms with E-state index in [9.17, 15) is 5.11 Å². The molecule has 1 saturated carbocycles. The molecule has 1 aliphatic carbocycles. The summed E-state index contributed by atoms with van der Waals surface area (Å²) in [5.41, 5.74) is -0.484. The first-order valence-corrected chi connectivity index (χ1v) is 7.43. The van der Waals surface area contributed by atoms with Crippen molar-refractivity contribution in [2.24, 2.45) is 5.92 Å². The normalized spacial score (nSPS) is 30.3. The minimum atomic E-state index is -0.700. The monoisotopic (exact) mass is 316 g/mol.